The summed E-state index contributed by atoms with van der Waals surface area (Å²) in [6, 6.07) is 5.61. The van der Waals surface area contributed by atoms with E-state index in [1.807, 2.05) is 22.3 Å². The van der Waals surface area contributed by atoms with E-state index in [2.05, 4.69) is 0 Å². The molecule has 1 N–H and O–H groups in total. The molecule has 0 aliphatic carbocycles. The molecule has 1 aromatic carbocycles. The Bertz CT molecular complexity index is 556. The molecule has 0 spiro atoms. The summed E-state index contributed by atoms with van der Waals surface area (Å²) in [7, 11) is 3.15. The SMILES string of the molecule is COc1cc(OC)cc([C@@H]2CCN(CC(=O)NCC(F)(F)F)C2)c1. The number of carbonyl (C=O) groups excluding carboxylic acids is 1. The van der Waals surface area contributed by atoms with Crippen LogP contribution < -0.4 is 14.8 Å². The van der Waals surface area contributed by atoms with Gasteiger partial charge in [-0.2, -0.15) is 13.2 Å². The fourth-order valence-corrected chi connectivity index (χ4v) is 2.77. The highest BCUT2D eigenvalue weighted by Gasteiger charge is 2.29. The molecule has 0 bridgehead atoms. The first-order chi connectivity index (χ1) is 11.3. The van der Waals surface area contributed by atoms with Crippen LogP contribution in [0.15, 0.2) is 18.2 Å². The summed E-state index contributed by atoms with van der Waals surface area (Å²) < 4.78 is 46.8. The fraction of sp³-hybridized carbons (Fsp3) is 0.562. The van der Waals surface area contributed by atoms with Gasteiger partial charge in [0.25, 0.3) is 0 Å². The van der Waals surface area contributed by atoms with Crippen molar-refractivity contribution in [3.05, 3.63) is 23.8 Å². The fourth-order valence-electron chi connectivity index (χ4n) is 2.77. The molecule has 0 saturated carbocycles. The minimum absolute atomic E-state index is 0.0340. The summed E-state index contributed by atoms with van der Waals surface area (Å²) in [4.78, 5) is 13.4. The maximum atomic E-state index is 12.1. The third-order valence-electron chi connectivity index (χ3n) is 3.97. The molecule has 1 saturated heterocycles. The van der Waals surface area contributed by atoms with E-state index in [0.717, 1.165) is 12.0 Å². The van der Waals surface area contributed by atoms with Crippen molar-refractivity contribution < 1.29 is 27.4 Å². The molecule has 1 fully saturated rings. The number of likely N-dealkylation sites (tertiary alicyclic amines) is 1. The lowest BCUT2D eigenvalue weighted by molar-refractivity contribution is -0.138. The van der Waals surface area contributed by atoms with Gasteiger partial charge in [-0.15, -0.1) is 0 Å². The predicted molar refractivity (Wildman–Crippen MR) is 82.4 cm³/mol. The monoisotopic (exact) mass is 346 g/mol. The zero-order valence-electron chi connectivity index (χ0n) is 13.7. The summed E-state index contributed by atoms with van der Waals surface area (Å²) in [6.07, 6.45) is -3.57. The quantitative estimate of drug-likeness (QED) is 0.858. The average Bonchev–Trinajstić information content (AvgIpc) is 3.00. The highest BCUT2D eigenvalue weighted by molar-refractivity contribution is 5.78. The number of hydrogen-bond donors (Lipinski definition) is 1. The van der Waals surface area contributed by atoms with Gasteiger partial charge >= 0.3 is 6.18 Å². The Balaban J connectivity index is 1.92. The van der Waals surface area contributed by atoms with Gasteiger partial charge < -0.3 is 14.8 Å². The van der Waals surface area contributed by atoms with Crippen molar-refractivity contribution in [2.75, 3.05) is 40.4 Å². The Morgan fingerprint density at radius 2 is 1.88 bits per heavy atom. The van der Waals surface area contributed by atoms with Crippen LogP contribution in [0.2, 0.25) is 0 Å². The molecule has 1 aromatic rings. The maximum absolute atomic E-state index is 12.1. The van der Waals surface area contributed by atoms with Gasteiger partial charge in [-0.1, -0.05) is 0 Å². The van der Waals surface area contributed by atoms with Crippen molar-refractivity contribution in [3.63, 3.8) is 0 Å². The zero-order valence-corrected chi connectivity index (χ0v) is 13.7. The second-order valence-corrected chi connectivity index (χ2v) is 5.76. The van der Waals surface area contributed by atoms with Gasteiger partial charge in [-0.3, -0.25) is 9.69 Å². The Kier molecular flexibility index (Phi) is 5.93. The van der Waals surface area contributed by atoms with E-state index < -0.39 is 18.6 Å². The molecule has 8 heteroatoms. The molecule has 2 rings (SSSR count). The number of methoxy groups -OCH3 is 2. The lowest BCUT2D eigenvalue weighted by Gasteiger charge is -2.17. The minimum Gasteiger partial charge on any atom is -0.497 e. The van der Waals surface area contributed by atoms with Gasteiger partial charge in [-0.25, -0.2) is 0 Å². The number of carbonyl (C=O) groups is 1. The van der Waals surface area contributed by atoms with Gasteiger partial charge in [0.15, 0.2) is 0 Å². The molecule has 1 aliphatic rings. The Morgan fingerprint density at radius 3 is 2.42 bits per heavy atom. The molecular weight excluding hydrogens is 325 g/mol. The lowest BCUT2D eigenvalue weighted by Crippen LogP contribution is -2.40. The van der Waals surface area contributed by atoms with Crippen LogP contribution >= 0.6 is 0 Å². The van der Waals surface area contributed by atoms with Crippen LogP contribution in [-0.4, -0.2) is 57.4 Å². The molecule has 0 aromatic heterocycles. The van der Waals surface area contributed by atoms with Crippen molar-refractivity contribution in [1.82, 2.24) is 10.2 Å². The Hall–Kier alpha value is -1.96. The molecule has 24 heavy (non-hydrogen) atoms. The second kappa shape index (κ2) is 7.74. The van der Waals surface area contributed by atoms with Gasteiger partial charge in [0.2, 0.25) is 5.91 Å². The molecule has 0 radical (unpaired) electrons. The highest BCUT2D eigenvalue weighted by Crippen LogP contribution is 2.32. The summed E-state index contributed by atoms with van der Waals surface area (Å²) in [5, 5.41) is 1.89. The third kappa shape index (κ3) is 5.30. The highest BCUT2D eigenvalue weighted by atomic mass is 19.4. The molecule has 1 atom stereocenters. The number of nitrogens with zero attached hydrogens (tertiary/aromatic N) is 1. The van der Waals surface area contributed by atoms with Crippen LogP contribution in [-0.2, 0) is 4.79 Å². The van der Waals surface area contributed by atoms with E-state index in [9.17, 15) is 18.0 Å². The first-order valence-electron chi connectivity index (χ1n) is 7.59. The van der Waals surface area contributed by atoms with Gasteiger partial charge in [0.05, 0.1) is 20.8 Å². The number of rotatable bonds is 6. The van der Waals surface area contributed by atoms with E-state index >= 15 is 0 Å². The number of benzene rings is 1. The normalized spacial score (nSPS) is 18.5. The van der Waals surface area contributed by atoms with Crippen LogP contribution in [0.1, 0.15) is 17.9 Å². The van der Waals surface area contributed by atoms with Gasteiger partial charge in [-0.05, 0) is 36.6 Å². The Labute approximate surface area is 138 Å². The standard InChI is InChI=1S/C16H21F3N2O3/c1-23-13-5-12(6-14(7-13)24-2)11-3-4-21(8-11)9-15(22)20-10-16(17,18)19/h5-7,11H,3-4,8-10H2,1-2H3,(H,20,22)/t11-/m1/s1. The molecule has 1 amide bonds. The number of amides is 1. The number of alkyl halides is 3. The largest absolute Gasteiger partial charge is 0.497 e. The molecule has 1 heterocycles. The van der Waals surface area contributed by atoms with Crippen molar-refractivity contribution in [1.29, 1.82) is 0 Å². The van der Waals surface area contributed by atoms with Gasteiger partial charge in [0.1, 0.15) is 18.0 Å². The number of hydrogen-bond acceptors (Lipinski definition) is 4. The van der Waals surface area contributed by atoms with E-state index in [1.54, 1.807) is 20.3 Å². The van der Waals surface area contributed by atoms with E-state index in [-0.39, 0.29) is 12.5 Å². The van der Waals surface area contributed by atoms with Crippen LogP contribution in [0.4, 0.5) is 13.2 Å². The van der Waals surface area contributed by atoms with E-state index in [0.29, 0.717) is 24.6 Å². The molecule has 5 nitrogen and oxygen atoms in total. The number of ether oxygens (including phenoxy) is 2. The maximum Gasteiger partial charge on any atom is 0.405 e. The molecule has 1 aliphatic heterocycles. The van der Waals surface area contributed by atoms with Crippen molar-refractivity contribution >= 4 is 5.91 Å². The van der Waals surface area contributed by atoms with E-state index in [1.165, 1.54) is 0 Å². The minimum atomic E-state index is -4.39. The number of halogens is 3. The summed E-state index contributed by atoms with van der Waals surface area (Å²) in [5.74, 6) is 0.942. The van der Waals surface area contributed by atoms with Crippen LogP contribution in [0.3, 0.4) is 0 Å². The lowest BCUT2D eigenvalue weighted by atomic mass is 9.98. The average molecular weight is 346 g/mol. The van der Waals surface area contributed by atoms with E-state index in [4.69, 9.17) is 9.47 Å². The van der Waals surface area contributed by atoms with Crippen molar-refractivity contribution in [3.8, 4) is 11.5 Å². The molecule has 134 valence electrons. The van der Waals surface area contributed by atoms with Gasteiger partial charge in [0, 0.05) is 12.6 Å². The summed E-state index contributed by atoms with van der Waals surface area (Å²) >= 11 is 0. The Morgan fingerprint density at radius 1 is 1.25 bits per heavy atom. The second-order valence-electron chi connectivity index (χ2n) is 5.76. The van der Waals surface area contributed by atoms with Crippen molar-refractivity contribution in [2.24, 2.45) is 0 Å². The summed E-state index contributed by atoms with van der Waals surface area (Å²) in [5.41, 5.74) is 1.03. The summed E-state index contributed by atoms with van der Waals surface area (Å²) in [6.45, 7) is -0.0662. The van der Waals surface area contributed by atoms with Crippen molar-refractivity contribution in [2.45, 2.75) is 18.5 Å². The number of nitrogens with one attached hydrogen (secondary N) is 1. The van der Waals surface area contributed by atoms with Crippen LogP contribution in [0.5, 0.6) is 11.5 Å². The first-order valence-corrected chi connectivity index (χ1v) is 7.59. The molecule has 0 unspecified atom stereocenters. The topological polar surface area (TPSA) is 50.8 Å². The predicted octanol–water partition coefficient (Wildman–Crippen LogP) is 2.17. The first kappa shape index (κ1) is 18.4. The van der Waals surface area contributed by atoms with Crippen LogP contribution in [0, 0.1) is 0 Å². The molecular formula is C16H21F3N2O3. The zero-order chi connectivity index (χ0) is 17.7. The van der Waals surface area contributed by atoms with Crippen LogP contribution in [0.25, 0.3) is 0 Å². The smallest absolute Gasteiger partial charge is 0.405 e. The third-order valence-corrected chi connectivity index (χ3v) is 3.97.